The van der Waals surface area contributed by atoms with Crippen molar-refractivity contribution in [3.63, 3.8) is 0 Å². The summed E-state index contributed by atoms with van der Waals surface area (Å²) >= 11 is 6.26. The minimum absolute atomic E-state index is 0.0839. The van der Waals surface area contributed by atoms with Crippen molar-refractivity contribution in [2.24, 2.45) is 5.92 Å². The van der Waals surface area contributed by atoms with E-state index < -0.39 is 6.10 Å². The maximum Gasteiger partial charge on any atom is 0.179 e. The molecule has 1 aliphatic heterocycles. The summed E-state index contributed by atoms with van der Waals surface area (Å²) in [6, 6.07) is 3.52. The van der Waals surface area contributed by atoms with Crippen LogP contribution in [0.3, 0.4) is 0 Å². The van der Waals surface area contributed by atoms with Crippen LogP contribution in [0, 0.1) is 5.92 Å². The fourth-order valence-corrected chi connectivity index (χ4v) is 2.53. The predicted molar refractivity (Wildman–Crippen MR) is 68.4 cm³/mol. The van der Waals surface area contributed by atoms with Crippen molar-refractivity contribution in [2.75, 3.05) is 27.4 Å². The molecule has 1 aliphatic rings. The molecule has 2 atom stereocenters. The predicted octanol–water partition coefficient (Wildman–Crippen LogP) is 2.43. The molecule has 1 saturated heterocycles. The second-order valence-corrected chi connectivity index (χ2v) is 4.65. The van der Waals surface area contributed by atoms with Gasteiger partial charge in [0.05, 0.1) is 32.0 Å². The molecule has 4 nitrogen and oxygen atoms in total. The van der Waals surface area contributed by atoms with Crippen LogP contribution in [-0.2, 0) is 4.74 Å². The lowest BCUT2D eigenvalue weighted by Gasteiger charge is -2.20. The third kappa shape index (κ3) is 2.41. The van der Waals surface area contributed by atoms with E-state index in [9.17, 15) is 5.11 Å². The highest BCUT2D eigenvalue weighted by atomic mass is 35.5. The Kier molecular flexibility index (Phi) is 4.32. The molecule has 0 saturated carbocycles. The van der Waals surface area contributed by atoms with Crippen molar-refractivity contribution in [3.8, 4) is 11.5 Å². The maximum absolute atomic E-state index is 10.3. The molecule has 18 heavy (non-hydrogen) atoms. The van der Waals surface area contributed by atoms with E-state index in [0.29, 0.717) is 35.3 Å². The lowest BCUT2D eigenvalue weighted by Crippen LogP contribution is -2.13. The zero-order valence-electron chi connectivity index (χ0n) is 10.5. The molecule has 0 spiro atoms. The number of hydrogen-bond acceptors (Lipinski definition) is 4. The Morgan fingerprint density at radius 3 is 2.72 bits per heavy atom. The largest absolute Gasteiger partial charge is 0.493 e. The smallest absolute Gasteiger partial charge is 0.179 e. The van der Waals surface area contributed by atoms with Crippen molar-refractivity contribution < 1.29 is 19.3 Å². The van der Waals surface area contributed by atoms with Crippen molar-refractivity contribution in [3.05, 3.63) is 22.7 Å². The molecule has 2 unspecified atom stereocenters. The molecule has 0 radical (unpaired) electrons. The number of rotatable bonds is 4. The average molecular weight is 273 g/mol. The zero-order valence-corrected chi connectivity index (χ0v) is 11.2. The normalized spacial score (nSPS) is 20.8. The molecule has 0 amide bonds. The van der Waals surface area contributed by atoms with Crippen molar-refractivity contribution in [1.82, 2.24) is 0 Å². The SMILES string of the molecule is COc1ccc(C(O)C2CCOC2)c(Cl)c1OC. The third-order valence-electron chi connectivity index (χ3n) is 3.24. The van der Waals surface area contributed by atoms with Gasteiger partial charge in [-0.05, 0) is 12.5 Å². The van der Waals surface area contributed by atoms with Gasteiger partial charge in [-0.15, -0.1) is 0 Å². The number of methoxy groups -OCH3 is 2. The molecular weight excluding hydrogens is 256 g/mol. The van der Waals surface area contributed by atoms with E-state index >= 15 is 0 Å². The second-order valence-electron chi connectivity index (χ2n) is 4.27. The van der Waals surface area contributed by atoms with Crippen molar-refractivity contribution in [1.29, 1.82) is 0 Å². The number of hydrogen-bond donors (Lipinski definition) is 1. The lowest BCUT2D eigenvalue weighted by atomic mass is 9.95. The first kappa shape index (κ1) is 13.5. The van der Waals surface area contributed by atoms with Gasteiger partial charge in [0.2, 0.25) is 0 Å². The molecule has 1 N–H and O–H groups in total. The summed E-state index contributed by atoms with van der Waals surface area (Å²) in [7, 11) is 3.08. The highest BCUT2D eigenvalue weighted by molar-refractivity contribution is 6.33. The quantitative estimate of drug-likeness (QED) is 0.915. The monoisotopic (exact) mass is 272 g/mol. The highest BCUT2D eigenvalue weighted by Gasteiger charge is 2.28. The maximum atomic E-state index is 10.3. The van der Waals surface area contributed by atoms with Crippen molar-refractivity contribution >= 4 is 11.6 Å². The fraction of sp³-hybridized carbons (Fsp3) is 0.538. The number of ether oxygens (including phenoxy) is 3. The van der Waals surface area contributed by atoms with Crippen LogP contribution in [0.4, 0.5) is 0 Å². The second kappa shape index (κ2) is 5.78. The summed E-state index contributed by atoms with van der Waals surface area (Å²) in [5.74, 6) is 1.09. The van der Waals surface area contributed by atoms with Crippen LogP contribution < -0.4 is 9.47 Å². The fourth-order valence-electron chi connectivity index (χ4n) is 2.19. The van der Waals surface area contributed by atoms with E-state index in [4.69, 9.17) is 25.8 Å². The van der Waals surface area contributed by atoms with Gasteiger partial charge in [-0.2, -0.15) is 0 Å². The topological polar surface area (TPSA) is 47.9 Å². The van der Waals surface area contributed by atoms with Crippen LogP contribution >= 0.6 is 11.6 Å². The van der Waals surface area contributed by atoms with E-state index in [1.807, 2.05) is 0 Å². The van der Waals surface area contributed by atoms with Gasteiger partial charge in [0.1, 0.15) is 0 Å². The molecule has 1 fully saturated rings. The van der Waals surface area contributed by atoms with Crippen LogP contribution in [0.1, 0.15) is 18.1 Å². The standard InChI is InChI=1S/C13H17ClO4/c1-16-10-4-3-9(11(14)13(10)17-2)12(15)8-5-6-18-7-8/h3-4,8,12,15H,5-7H2,1-2H3. The summed E-state index contributed by atoms with van der Waals surface area (Å²) in [5, 5.41) is 10.7. The molecular formula is C13H17ClO4. The Bertz CT molecular complexity index is 416. The first-order valence-electron chi connectivity index (χ1n) is 5.85. The third-order valence-corrected chi connectivity index (χ3v) is 3.63. The van der Waals surface area contributed by atoms with Gasteiger partial charge in [0.15, 0.2) is 11.5 Å². The van der Waals surface area contributed by atoms with Crippen LogP contribution in [0.15, 0.2) is 12.1 Å². The highest BCUT2D eigenvalue weighted by Crippen LogP contribution is 2.42. The molecule has 1 aromatic rings. The Morgan fingerprint density at radius 1 is 1.39 bits per heavy atom. The van der Waals surface area contributed by atoms with Crippen LogP contribution in [0.2, 0.25) is 5.02 Å². The van der Waals surface area contributed by atoms with E-state index in [1.165, 1.54) is 7.11 Å². The van der Waals surface area contributed by atoms with Crippen LogP contribution in [0.5, 0.6) is 11.5 Å². The van der Waals surface area contributed by atoms with E-state index in [1.54, 1.807) is 19.2 Å². The molecule has 5 heteroatoms. The first-order chi connectivity index (χ1) is 8.69. The lowest BCUT2D eigenvalue weighted by molar-refractivity contribution is 0.0916. The first-order valence-corrected chi connectivity index (χ1v) is 6.23. The van der Waals surface area contributed by atoms with Gasteiger partial charge in [-0.3, -0.25) is 0 Å². The number of benzene rings is 1. The summed E-state index contributed by atoms with van der Waals surface area (Å²) in [4.78, 5) is 0. The minimum Gasteiger partial charge on any atom is -0.493 e. The zero-order chi connectivity index (χ0) is 13.1. The summed E-state index contributed by atoms with van der Waals surface area (Å²) < 4.78 is 15.7. The van der Waals surface area contributed by atoms with E-state index in [-0.39, 0.29) is 5.92 Å². The Labute approximate surface area is 111 Å². The van der Waals surface area contributed by atoms with Gasteiger partial charge in [-0.25, -0.2) is 0 Å². The van der Waals surface area contributed by atoms with Gasteiger partial charge in [0.25, 0.3) is 0 Å². The molecule has 1 heterocycles. The molecule has 0 aliphatic carbocycles. The Morgan fingerprint density at radius 2 is 2.17 bits per heavy atom. The summed E-state index contributed by atoms with van der Waals surface area (Å²) in [6.45, 7) is 1.25. The van der Waals surface area contributed by atoms with Gasteiger partial charge in [-0.1, -0.05) is 17.7 Å². The van der Waals surface area contributed by atoms with E-state index in [0.717, 1.165) is 6.42 Å². The number of aliphatic hydroxyl groups excluding tert-OH is 1. The molecule has 2 rings (SSSR count). The van der Waals surface area contributed by atoms with Crippen LogP contribution in [-0.4, -0.2) is 32.5 Å². The van der Waals surface area contributed by atoms with Crippen molar-refractivity contribution in [2.45, 2.75) is 12.5 Å². The Hall–Kier alpha value is -0.970. The average Bonchev–Trinajstić information content (AvgIpc) is 2.91. The minimum atomic E-state index is -0.639. The number of halogens is 1. The van der Waals surface area contributed by atoms with Crippen LogP contribution in [0.25, 0.3) is 0 Å². The molecule has 0 aromatic heterocycles. The Balaban J connectivity index is 2.32. The molecule has 100 valence electrons. The molecule has 0 bridgehead atoms. The summed E-state index contributed by atoms with van der Waals surface area (Å²) in [5.41, 5.74) is 0.657. The van der Waals surface area contributed by atoms with Gasteiger partial charge >= 0.3 is 0 Å². The molecule has 1 aromatic carbocycles. The summed E-state index contributed by atoms with van der Waals surface area (Å²) in [6.07, 6.45) is 0.200. The van der Waals surface area contributed by atoms with Gasteiger partial charge < -0.3 is 19.3 Å². The van der Waals surface area contributed by atoms with Gasteiger partial charge in [0, 0.05) is 18.1 Å². The number of aliphatic hydroxyl groups is 1. The van der Waals surface area contributed by atoms with E-state index in [2.05, 4.69) is 0 Å².